The maximum absolute atomic E-state index is 11.6. The number of hydrogen-bond donors (Lipinski definition) is 0. The number of fused-ring (bicyclic) bond motifs is 1. The van der Waals surface area contributed by atoms with Crippen molar-refractivity contribution < 1.29 is 8.42 Å². The Morgan fingerprint density at radius 1 is 1.14 bits per heavy atom. The van der Waals surface area contributed by atoms with E-state index in [0.29, 0.717) is 11.0 Å². The molecule has 0 N–H and O–H groups in total. The van der Waals surface area contributed by atoms with E-state index in [4.69, 9.17) is 0 Å². The highest BCUT2D eigenvalue weighted by atomic mass is 32.2. The van der Waals surface area contributed by atoms with Crippen LogP contribution in [0.4, 0.5) is 0 Å². The Balaban J connectivity index is 2.15. The standard InChI is InChI=1S/C14H14N4O2S/c1-10(11-6-4-3-5-7-11)18-13-12(9-16-18)8-15-14(17-13)21(2,19)20/h3-10H,1-2H3/t10-/m0/s1. The molecule has 0 radical (unpaired) electrons. The Kier molecular flexibility index (Phi) is 3.21. The van der Waals surface area contributed by atoms with Crippen LogP contribution in [0.2, 0.25) is 0 Å². The molecule has 0 spiro atoms. The molecule has 2 heterocycles. The first-order valence-electron chi connectivity index (χ1n) is 6.42. The average molecular weight is 302 g/mol. The summed E-state index contributed by atoms with van der Waals surface area (Å²) in [6, 6.07) is 9.80. The molecular formula is C14H14N4O2S. The van der Waals surface area contributed by atoms with Gasteiger partial charge >= 0.3 is 0 Å². The second-order valence-electron chi connectivity index (χ2n) is 4.88. The van der Waals surface area contributed by atoms with Gasteiger partial charge in [-0.05, 0) is 12.5 Å². The first-order valence-corrected chi connectivity index (χ1v) is 8.31. The fraction of sp³-hybridized carbons (Fsp3) is 0.214. The fourth-order valence-electron chi connectivity index (χ4n) is 2.15. The molecule has 0 aliphatic rings. The molecule has 3 aromatic rings. The molecule has 1 aromatic carbocycles. The van der Waals surface area contributed by atoms with Gasteiger partial charge in [-0.1, -0.05) is 30.3 Å². The zero-order chi connectivity index (χ0) is 15.0. The van der Waals surface area contributed by atoms with E-state index in [1.807, 2.05) is 37.3 Å². The second kappa shape index (κ2) is 4.92. The van der Waals surface area contributed by atoms with Crippen molar-refractivity contribution in [3.05, 3.63) is 48.3 Å². The zero-order valence-electron chi connectivity index (χ0n) is 11.6. The lowest BCUT2D eigenvalue weighted by molar-refractivity contribution is 0.572. The third-order valence-electron chi connectivity index (χ3n) is 3.29. The average Bonchev–Trinajstić information content (AvgIpc) is 2.89. The number of sulfone groups is 1. The van der Waals surface area contributed by atoms with Crippen molar-refractivity contribution in [1.82, 2.24) is 19.7 Å². The predicted octanol–water partition coefficient (Wildman–Crippen LogP) is 1.84. The quantitative estimate of drug-likeness (QED) is 0.690. The second-order valence-corrected chi connectivity index (χ2v) is 6.79. The van der Waals surface area contributed by atoms with E-state index in [2.05, 4.69) is 15.1 Å². The summed E-state index contributed by atoms with van der Waals surface area (Å²) in [4.78, 5) is 8.03. The molecule has 3 rings (SSSR count). The van der Waals surface area contributed by atoms with Gasteiger partial charge < -0.3 is 0 Å². The van der Waals surface area contributed by atoms with Gasteiger partial charge in [0, 0.05) is 12.5 Å². The highest BCUT2D eigenvalue weighted by Gasteiger charge is 2.17. The molecule has 2 aromatic heterocycles. The molecule has 7 heteroatoms. The van der Waals surface area contributed by atoms with E-state index in [9.17, 15) is 8.42 Å². The van der Waals surface area contributed by atoms with Gasteiger partial charge in [-0.15, -0.1) is 0 Å². The van der Waals surface area contributed by atoms with Gasteiger partial charge in [0.1, 0.15) is 0 Å². The Hall–Kier alpha value is -2.28. The number of hydrogen-bond acceptors (Lipinski definition) is 5. The highest BCUT2D eigenvalue weighted by molar-refractivity contribution is 7.90. The molecular weight excluding hydrogens is 288 g/mol. The minimum Gasteiger partial charge on any atom is -0.240 e. The minimum atomic E-state index is -3.44. The molecule has 1 atom stereocenters. The normalized spacial score (nSPS) is 13.4. The smallest absolute Gasteiger partial charge is 0.240 e. The summed E-state index contributed by atoms with van der Waals surface area (Å²) in [7, 11) is -3.44. The van der Waals surface area contributed by atoms with Gasteiger partial charge in [0.2, 0.25) is 15.0 Å². The fourth-order valence-corrected chi connectivity index (χ4v) is 2.65. The van der Waals surface area contributed by atoms with Crippen molar-refractivity contribution in [3.63, 3.8) is 0 Å². The van der Waals surface area contributed by atoms with Crippen LogP contribution in [0.15, 0.2) is 47.9 Å². The first kappa shape index (κ1) is 13.7. The third kappa shape index (κ3) is 2.52. The molecule has 0 saturated heterocycles. The number of benzene rings is 1. The van der Waals surface area contributed by atoms with Crippen LogP contribution < -0.4 is 0 Å². The van der Waals surface area contributed by atoms with E-state index in [-0.39, 0.29) is 11.2 Å². The van der Waals surface area contributed by atoms with Crippen LogP contribution in [-0.2, 0) is 9.84 Å². The largest absolute Gasteiger partial charge is 0.248 e. The highest BCUT2D eigenvalue weighted by Crippen LogP contribution is 2.21. The summed E-state index contributed by atoms with van der Waals surface area (Å²) in [5, 5.41) is 4.84. The van der Waals surface area contributed by atoms with E-state index < -0.39 is 9.84 Å². The van der Waals surface area contributed by atoms with E-state index in [1.165, 1.54) is 6.20 Å². The molecule has 0 saturated carbocycles. The third-order valence-corrected chi connectivity index (χ3v) is 4.15. The summed E-state index contributed by atoms with van der Waals surface area (Å²) >= 11 is 0. The summed E-state index contributed by atoms with van der Waals surface area (Å²) < 4.78 is 24.9. The topological polar surface area (TPSA) is 77.7 Å². The molecule has 108 valence electrons. The lowest BCUT2D eigenvalue weighted by Gasteiger charge is -2.13. The van der Waals surface area contributed by atoms with Gasteiger partial charge in [-0.2, -0.15) is 10.1 Å². The Morgan fingerprint density at radius 2 is 1.86 bits per heavy atom. The molecule has 0 bridgehead atoms. The van der Waals surface area contributed by atoms with Crippen LogP contribution in [0.25, 0.3) is 11.0 Å². The molecule has 0 unspecified atom stereocenters. The van der Waals surface area contributed by atoms with Crippen LogP contribution >= 0.6 is 0 Å². The van der Waals surface area contributed by atoms with Crippen molar-refractivity contribution in [3.8, 4) is 0 Å². The monoisotopic (exact) mass is 302 g/mol. The van der Waals surface area contributed by atoms with Gasteiger partial charge in [-0.25, -0.2) is 18.1 Å². The van der Waals surface area contributed by atoms with E-state index in [1.54, 1.807) is 10.9 Å². The number of rotatable bonds is 3. The zero-order valence-corrected chi connectivity index (χ0v) is 12.4. The Morgan fingerprint density at radius 3 is 2.52 bits per heavy atom. The summed E-state index contributed by atoms with van der Waals surface area (Å²) in [6.07, 6.45) is 4.22. The van der Waals surface area contributed by atoms with Crippen LogP contribution in [-0.4, -0.2) is 34.4 Å². The number of nitrogens with zero attached hydrogens (tertiary/aromatic N) is 4. The predicted molar refractivity (Wildman–Crippen MR) is 78.7 cm³/mol. The van der Waals surface area contributed by atoms with Crippen LogP contribution in [0, 0.1) is 0 Å². The summed E-state index contributed by atoms with van der Waals surface area (Å²) in [5.41, 5.74) is 1.59. The summed E-state index contributed by atoms with van der Waals surface area (Å²) in [5.74, 6) is 0. The van der Waals surface area contributed by atoms with Crippen molar-refractivity contribution in [2.75, 3.05) is 6.26 Å². The van der Waals surface area contributed by atoms with Crippen molar-refractivity contribution in [1.29, 1.82) is 0 Å². The van der Waals surface area contributed by atoms with Crippen molar-refractivity contribution in [2.45, 2.75) is 18.1 Å². The Bertz CT molecular complexity index is 888. The van der Waals surface area contributed by atoms with Crippen molar-refractivity contribution >= 4 is 20.9 Å². The van der Waals surface area contributed by atoms with E-state index in [0.717, 1.165) is 11.8 Å². The minimum absolute atomic E-state index is 0.0500. The Labute approximate surface area is 122 Å². The lowest BCUT2D eigenvalue weighted by Crippen LogP contribution is -2.11. The molecule has 0 aliphatic carbocycles. The summed E-state index contributed by atoms with van der Waals surface area (Å²) in [6.45, 7) is 1.99. The van der Waals surface area contributed by atoms with Crippen LogP contribution in [0.3, 0.4) is 0 Å². The van der Waals surface area contributed by atoms with Gasteiger partial charge in [0.05, 0.1) is 17.6 Å². The first-order chi connectivity index (χ1) is 9.97. The lowest BCUT2D eigenvalue weighted by atomic mass is 10.1. The molecule has 0 fully saturated rings. The van der Waals surface area contributed by atoms with E-state index >= 15 is 0 Å². The van der Waals surface area contributed by atoms with Gasteiger partial charge in [-0.3, -0.25) is 0 Å². The van der Waals surface area contributed by atoms with Crippen LogP contribution in [0.1, 0.15) is 18.5 Å². The van der Waals surface area contributed by atoms with Gasteiger partial charge in [0.25, 0.3) is 0 Å². The molecule has 6 nitrogen and oxygen atoms in total. The molecule has 0 aliphatic heterocycles. The van der Waals surface area contributed by atoms with Crippen LogP contribution in [0.5, 0.6) is 0 Å². The maximum Gasteiger partial charge on any atom is 0.248 e. The SMILES string of the molecule is C[C@@H](c1ccccc1)n1ncc2cnc(S(C)(=O)=O)nc21. The molecule has 0 amide bonds. The number of aromatic nitrogens is 4. The maximum atomic E-state index is 11.6. The van der Waals surface area contributed by atoms with Crippen molar-refractivity contribution in [2.24, 2.45) is 0 Å². The van der Waals surface area contributed by atoms with Gasteiger partial charge in [0.15, 0.2) is 5.65 Å². The molecule has 21 heavy (non-hydrogen) atoms.